The second kappa shape index (κ2) is 6.67. The molecular formula is C15H21N3O3. The van der Waals surface area contributed by atoms with Crippen molar-refractivity contribution in [2.45, 2.75) is 32.7 Å². The van der Waals surface area contributed by atoms with Gasteiger partial charge in [0, 0.05) is 18.2 Å². The lowest BCUT2D eigenvalue weighted by molar-refractivity contribution is -0.385. The second-order valence-electron chi connectivity index (χ2n) is 5.45. The van der Waals surface area contributed by atoms with Crippen LogP contribution < -0.4 is 10.6 Å². The summed E-state index contributed by atoms with van der Waals surface area (Å²) in [5.74, 6) is 0.00431. The fourth-order valence-corrected chi connectivity index (χ4v) is 2.85. The number of para-hydroxylation sites is 1. The highest BCUT2D eigenvalue weighted by molar-refractivity contribution is 5.82. The summed E-state index contributed by atoms with van der Waals surface area (Å²) in [6.07, 6.45) is 2.41. The standard InChI is InChI=1S/C15H21N3O3/c1-2-15(7-9-16-10-8-15)14(19)17-11-12-5-3-4-6-13(12)18(20)21/h3-6,16H,2,7-11H2,1H3,(H,17,19). The lowest BCUT2D eigenvalue weighted by atomic mass is 9.76. The Bertz CT molecular complexity index is 525. The monoisotopic (exact) mass is 291 g/mol. The summed E-state index contributed by atoms with van der Waals surface area (Å²) in [4.78, 5) is 23.1. The number of nitrogens with zero attached hydrogens (tertiary/aromatic N) is 1. The van der Waals surface area contributed by atoms with E-state index in [9.17, 15) is 14.9 Å². The molecule has 0 spiro atoms. The average molecular weight is 291 g/mol. The van der Waals surface area contributed by atoms with E-state index in [1.807, 2.05) is 6.92 Å². The zero-order chi connectivity index (χ0) is 15.3. The van der Waals surface area contributed by atoms with Gasteiger partial charge < -0.3 is 10.6 Å². The van der Waals surface area contributed by atoms with Crippen LogP contribution in [0.25, 0.3) is 0 Å². The van der Waals surface area contributed by atoms with E-state index in [1.165, 1.54) is 6.07 Å². The molecular weight excluding hydrogens is 270 g/mol. The molecule has 0 bridgehead atoms. The van der Waals surface area contributed by atoms with Gasteiger partial charge in [-0.1, -0.05) is 25.1 Å². The summed E-state index contributed by atoms with van der Waals surface area (Å²) in [7, 11) is 0. The van der Waals surface area contributed by atoms with Crippen LogP contribution in [-0.2, 0) is 11.3 Å². The second-order valence-corrected chi connectivity index (χ2v) is 5.45. The van der Waals surface area contributed by atoms with E-state index in [0.717, 1.165) is 32.4 Å². The Labute approximate surface area is 124 Å². The predicted octanol–water partition coefficient (Wildman–Crippen LogP) is 1.99. The van der Waals surface area contributed by atoms with Gasteiger partial charge in [-0.2, -0.15) is 0 Å². The van der Waals surface area contributed by atoms with Gasteiger partial charge >= 0.3 is 0 Å². The topological polar surface area (TPSA) is 84.3 Å². The zero-order valence-corrected chi connectivity index (χ0v) is 12.2. The molecule has 0 saturated carbocycles. The Kier molecular flexibility index (Phi) is 4.90. The maximum Gasteiger partial charge on any atom is 0.274 e. The first-order valence-corrected chi connectivity index (χ1v) is 7.30. The normalized spacial score (nSPS) is 17.2. The number of benzene rings is 1. The van der Waals surface area contributed by atoms with Crippen molar-refractivity contribution in [1.82, 2.24) is 10.6 Å². The van der Waals surface area contributed by atoms with Crippen LogP contribution in [0.3, 0.4) is 0 Å². The Morgan fingerprint density at radius 2 is 2.05 bits per heavy atom. The molecule has 1 heterocycles. The van der Waals surface area contributed by atoms with E-state index < -0.39 is 4.92 Å². The molecule has 0 atom stereocenters. The molecule has 6 heteroatoms. The number of rotatable bonds is 5. The highest BCUT2D eigenvalue weighted by Gasteiger charge is 2.37. The van der Waals surface area contributed by atoms with Crippen LogP contribution in [0.1, 0.15) is 31.7 Å². The van der Waals surface area contributed by atoms with Crippen LogP contribution in [0.2, 0.25) is 0 Å². The highest BCUT2D eigenvalue weighted by atomic mass is 16.6. The van der Waals surface area contributed by atoms with Crippen molar-refractivity contribution >= 4 is 11.6 Å². The van der Waals surface area contributed by atoms with E-state index >= 15 is 0 Å². The SMILES string of the molecule is CCC1(C(=O)NCc2ccccc2[N+](=O)[O-])CCNCC1. The van der Waals surface area contributed by atoms with Crippen LogP contribution in [-0.4, -0.2) is 23.9 Å². The Morgan fingerprint density at radius 3 is 2.67 bits per heavy atom. The van der Waals surface area contributed by atoms with Crippen molar-refractivity contribution < 1.29 is 9.72 Å². The van der Waals surface area contributed by atoms with E-state index in [0.29, 0.717) is 5.56 Å². The molecule has 2 N–H and O–H groups in total. The lowest BCUT2D eigenvalue weighted by Gasteiger charge is -2.35. The van der Waals surface area contributed by atoms with Crippen LogP contribution in [0.4, 0.5) is 5.69 Å². The van der Waals surface area contributed by atoms with Crippen LogP contribution in [0.15, 0.2) is 24.3 Å². The quantitative estimate of drug-likeness (QED) is 0.642. The summed E-state index contributed by atoms with van der Waals surface area (Å²) in [6.45, 7) is 3.90. The molecule has 6 nitrogen and oxygen atoms in total. The fraction of sp³-hybridized carbons (Fsp3) is 0.533. The summed E-state index contributed by atoms with van der Waals surface area (Å²) < 4.78 is 0. The lowest BCUT2D eigenvalue weighted by Crippen LogP contribution is -2.47. The molecule has 0 radical (unpaired) electrons. The van der Waals surface area contributed by atoms with Crippen molar-refractivity contribution in [3.8, 4) is 0 Å². The first kappa shape index (κ1) is 15.4. The molecule has 1 saturated heterocycles. The minimum absolute atomic E-state index is 0.00431. The molecule has 1 aromatic rings. The third-order valence-corrected chi connectivity index (χ3v) is 4.35. The fourth-order valence-electron chi connectivity index (χ4n) is 2.85. The van der Waals surface area contributed by atoms with Gasteiger partial charge in [-0.15, -0.1) is 0 Å². The summed E-state index contributed by atoms with van der Waals surface area (Å²) in [5.41, 5.74) is 0.249. The number of nitro groups is 1. The van der Waals surface area contributed by atoms with Crippen molar-refractivity contribution in [3.05, 3.63) is 39.9 Å². The molecule has 0 aromatic heterocycles. The molecule has 1 fully saturated rings. The predicted molar refractivity (Wildman–Crippen MR) is 79.8 cm³/mol. The zero-order valence-electron chi connectivity index (χ0n) is 12.2. The molecule has 114 valence electrons. The largest absolute Gasteiger partial charge is 0.351 e. The van der Waals surface area contributed by atoms with Crippen molar-refractivity contribution in [2.75, 3.05) is 13.1 Å². The average Bonchev–Trinajstić information content (AvgIpc) is 2.53. The van der Waals surface area contributed by atoms with E-state index in [1.54, 1.807) is 18.2 Å². The minimum Gasteiger partial charge on any atom is -0.351 e. The minimum atomic E-state index is -0.415. The first-order chi connectivity index (χ1) is 10.1. The van der Waals surface area contributed by atoms with Crippen molar-refractivity contribution in [3.63, 3.8) is 0 Å². The molecule has 1 aliphatic heterocycles. The summed E-state index contributed by atoms with van der Waals surface area (Å²) >= 11 is 0. The molecule has 0 aliphatic carbocycles. The number of amides is 1. The molecule has 1 aromatic carbocycles. The van der Waals surface area contributed by atoms with Crippen molar-refractivity contribution in [1.29, 1.82) is 0 Å². The number of piperidine rings is 1. The summed E-state index contributed by atoms with van der Waals surface area (Å²) in [5, 5.41) is 17.1. The first-order valence-electron chi connectivity index (χ1n) is 7.30. The molecule has 0 unspecified atom stereocenters. The van der Waals surface area contributed by atoms with Crippen LogP contribution in [0, 0.1) is 15.5 Å². The summed E-state index contributed by atoms with van der Waals surface area (Å²) in [6, 6.07) is 6.51. The third kappa shape index (κ3) is 3.39. The molecule has 21 heavy (non-hydrogen) atoms. The Balaban J connectivity index is 2.05. The molecule has 1 aliphatic rings. The third-order valence-electron chi connectivity index (χ3n) is 4.35. The van der Waals surface area contributed by atoms with Crippen LogP contribution in [0.5, 0.6) is 0 Å². The number of hydrogen-bond acceptors (Lipinski definition) is 4. The van der Waals surface area contributed by atoms with Crippen LogP contribution >= 0.6 is 0 Å². The Morgan fingerprint density at radius 1 is 1.38 bits per heavy atom. The highest BCUT2D eigenvalue weighted by Crippen LogP contribution is 2.32. The number of nitrogens with one attached hydrogen (secondary N) is 2. The maximum atomic E-state index is 12.5. The number of nitro benzene ring substituents is 1. The smallest absolute Gasteiger partial charge is 0.274 e. The van der Waals surface area contributed by atoms with Gasteiger partial charge in [-0.05, 0) is 32.4 Å². The number of carbonyl (C=O) groups excluding carboxylic acids is 1. The van der Waals surface area contributed by atoms with Gasteiger partial charge in [0.05, 0.1) is 10.3 Å². The maximum absolute atomic E-state index is 12.5. The van der Waals surface area contributed by atoms with Gasteiger partial charge in [0.15, 0.2) is 0 Å². The number of carbonyl (C=O) groups is 1. The number of hydrogen-bond donors (Lipinski definition) is 2. The van der Waals surface area contributed by atoms with E-state index in [2.05, 4.69) is 10.6 Å². The van der Waals surface area contributed by atoms with Gasteiger partial charge in [-0.3, -0.25) is 14.9 Å². The Hall–Kier alpha value is -1.95. The van der Waals surface area contributed by atoms with E-state index in [4.69, 9.17) is 0 Å². The molecule has 2 rings (SSSR count). The van der Waals surface area contributed by atoms with E-state index in [-0.39, 0.29) is 23.6 Å². The van der Waals surface area contributed by atoms with Gasteiger partial charge in [0.25, 0.3) is 5.69 Å². The molecule has 1 amide bonds. The van der Waals surface area contributed by atoms with Gasteiger partial charge in [0.1, 0.15) is 0 Å². The van der Waals surface area contributed by atoms with Gasteiger partial charge in [0.2, 0.25) is 5.91 Å². The van der Waals surface area contributed by atoms with Gasteiger partial charge in [-0.25, -0.2) is 0 Å². The van der Waals surface area contributed by atoms with Crippen molar-refractivity contribution in [2.24, 2.45) is 5.41 Å².